The Kier molecular flexibility index (Phi) is 6.80. The number of para-hydroxylation sites is 4. The fourth-order valence-corrected chi connectivity index (χ4v) is 9.97. The Hall–Kier alpha value is -6.98. The third-order valence-corrected chi connectivity index (χ3v) is 12.6. The topological polar surface area (TPSA) is 19.0 Å². The first-order valence-corrected chi connectivity index (χ1v) is 19.9. The van der Waals surface area contributed by atoms with E-state index in [9.17, 15) is 0 Å². The van der Waals surface area contributed by atoms with Gasteiger partial charge in [-0.05, 0) is 125 Å². The SMILES string of the molecule is CC1(C)c2ccccc2Oc2ccc(N(c3ccccc3)c3ccc4c(c3)N(c3ccccc3)c3cccc5c3B4c3c4cc(cc3N5c3ccccc3)C4)cc21. The molecule has 5 heteroatoms. The van der Waals surface area contributed by atoms with Crippen LogP contribution in [0.3, 0.4) is 0 Å². The Balaban J connectivity index is 1.08. The zero-order chi connectivity index (χ0) is 37.8. The molecule has 4 nitrogen and oxygen atoms in total. The molecule has 8 aromatic rings. The highest BCUT2D eigenvalue weighted by molar-refractivity contribution is 7.00. The van der Waals surface area contributed by atoms with E-state index >= 15 is 0 Å². The molecule has 57 heavy (non-hydrogen) atoms. The first-order valence-electron chi connectivity index (χ1n) is 19.9. The van der Waals surface area contributed by atoms with Crippen molar-refractivity contribution in [2.24, 2.45) is 0 Å². The Labute approximate surface area is 333 Å². The molecule has 2 bridgehead atoms. The Morgan fingerprint density at radius 1 is 0.491 bits per heavy atom. The van der Waals surface area contributed by atoms with Gasteiger partial charge in [0, 0.05) is 67.7 Å². The molecule has 0 unspecified atom stereocenters. The largest absolute Gasteiger partial charge is 0.457 e. The molecule has 3 aliphatic heterocycles. The molecule has 13 rings (SSSR count). The van der Waals surface area contributed by atoms with Gasteiger partial charge >= 0.3 is 0 Å². The highest BCUT2D eigenvalue weighted by Crippen LogP contribution is 2.51. The summed E-state index contributed by atoms with van der Waals surface area (Å²) in [6.45, 7) is 4.70. The van der Waals surface area contributed by atoms with Crippen molar-refractivity contribution in [1.82, 2.24) is 0 Å². The molecule has 270 valence electrons. The number of benzene rings is 8. The lowest BCUT2D eigenvalue weighted by Crippen LogP contribution is -2.62. The zero-order valence-electron chi connectivity index (χ0n) is 31.9. The lowest BCUT2D eigenvalue weighted by atomic mass is 9.32. The molecule has 0 spiro atoms. The third-order valence-electron chi connectivity index (χ3n) is 12.6. The minimum atomic E-state index is -0.242. The van der Waals surface area contributed by atoms with Crippen molar-refractivity contribution < 1.29 is 4.74 Å². The van der Waals surface area contributed by atoms with Gasteiger partial charge in [0.1, 0.15) is 11.5 Å². The second kappa shape index (κ2) is 12.0. The first kappa shape index (κ1) is 32.3. The van der Waals surface area contributed by atoms with Crippen molar-refractivity contribution in [3.63, 3.8) is 0 Å². The number of hydrogen-bond acceptors (Lipinski definition) is 4. The fraction of sp³-hybridized carbons (Fsp3) is 0.0769. The van der Waals surface area contributed by atoms with E-state index in [2.05, 4.69) is 211 Å². The lowest BCUT2D eigenvalue weighted by molar-refractivity contribution is 0.418. The predicted octanol–water partition coefficient (Wildman–Crippen LogP) is 11.6. The summed E-state index contributed by atoms with van der Waals surface area (Å²) in [4.78, 5) is 7.39. The average Bonchev–Trinajstić information content (AvgIpc) is 3.24. The van der Waals surface area contributed by atoms with E-state index in [1.54, 1.807) is 0 Å². The quantitative estimate of drug-likeness (QED) is 0.164. The van der Waals surface area contributed by atoms with Crippen molar-refractivity contribution in [2.75, 3.05) is 14.7 Å². The second-order valence-corrected chi connectivity index (χ2v) is 16.2. The van der Waals surface area contributed by atoms with Crippen LogP contribution < -0.4 is 35.8 Å². The van der Waals surface area contributed by atoms with Gasteiger partial charge in [-0.3, -0.25) is 0 Å². The van der Waals surface area contributed by atoms with E-state index in [1.165, 1.54) is 67.1 Å². The van der Waals surface area contributed by atoms with Gasteiger partial charge in [-0.15, -0.1) is 0 Å². The number of fused-ring (bicyclic) bond motifs is 4. The molecule has 3 heterocycles. The Morgan fingerprint density at radius 3 is 1.81 bits per heavy atom. The maximum atomic E-state index is 6.52. The summed E-state index contributed by atoms with van der Waals surface area (Å²) >= 11 is 0. The molecule has 0 amide bonds. The van der Waals surface area contributed by atoms with Gasteiger partial charge in [0.25, 0.3) is 6.71 Å². The highest BCUT2D eigenvalue weighted by Gasteiger charge is 2.45. The molecule has 5 aliphatic rings. The molecule has 0 N–H and O–H groups in total. The molecule has 0 atom stereocenters. The highest BCUT2D eigenvalue weighted by atomic mass is 16.5. The summed E-state index contributed by atoms with van der Waals surface area (Å²) in [7, 11) is 0. The van der Waals surface area contributed by atoms with Gasteiger partial charge < -0.3 is 19.4 Å². The van der Waals surface area contributed by atoms with Gasteiger partial charge in [-0.1, -0.05) is 105 Å². The van der Waals surface area contributed by atoms with E-state index in [1.807, 2.05) is 0 Å². The van der Waals surface area contributed by atoms with Gasteiger partial charge in [-0.2, -0.15) is 0 Å². The van der Waals surface area contributed by atoms with Crippen LogP contribution in [0.1, 0.15) is 36.1 Å². The molecular formula is C52H38BN3O. The molecule has 0 fully saturated rings. The summed E-state index contributed by atoms with van der Waals surface area (Å²) in [6.07, 6.45) is 1.02. The number of rotatable bonds is 5. The van der Waals surface area contributed by atoms with Crippen LogP contribution in [0.25, 0.3) is 0 Å². The Bertz CT molecular complexity index is 2910. The van der Waals surface area contributed by atoms with Gasteiger partial charge in [0.05, 0.1) is 0 Å². The maximum Gasteiger partial charge on any atom is 0.252 e. The van der Waals surface area contributed by atoms with Crippen LogP contribution in [0.5, 0.6) is 11.5 Å². The fourth-order valence-electron chi connectivity index (χ4n) is 9.97. The average molecular weight is 732 g/mol. The minimum Gasteiger partial charge on any atom is -0.457 e. The number of nitrogens with zero attached hydrogens (tertiary/aromatic N) is 3. The van der Waals surface area contributed by atoms with Crippen LogP contribution in [0, 0.1) is 0 Å². The van der Waals surface area contributed by atoms with Gasteiger partial charge in [0.15, 0.2) is 0 Å². The van der Waals surface area contributed by atoms with Crippen LogP contribution in [-0.4, -0.2) is 6.71 Å². The monoisotopic (exact) mass is 731 g/mol. The van der Waals surface area contributed by atoms with E-state index in [0.717, 1.165) is 40.7 Å². The second-order valence-electron chi connectivity index (χ2n) is 16.2. The molecule has 0 radical (unpaired) electrons. The van der Waals surface area contributed by atoms with Crippen molar-refractivity contribution >= 4 is 74.3 Å². The molecular weight excluding hydrogens is 693 g/mol. The van der Waals surface area contributed by atoms with Crippen molar-refractivity contribution in [3.8, 4) is 11.5 Å². The van der Waals surface area contributed by atoms with Crippen molar-refractivity contribution in [1.29, 1.82) is 0 Å². The van der Waals surface area contributed by atoms with Crippen molar-refractivity contribution in [2.45, 2.75) is 25.7 Å². The smallest absolute Gasteiger partial charge is 0.252 e. The zero-order valence-corrected chi connectivity index (χ0v) is 31.9. The van der Waals surface area contributed by atoms with Crippen LogP contribution in [0.4, 0.5) is 51.2 Å². The van der Waals surface area contributed by atoms with E-state index in [4.69, 9.17) is 4.74 Å². The van der Waals surface area contributed by atoms with Crippen LogP contribution in [-0.2, 0) is 11.8 Å². The standard InChI is InChI=1S/C52H38BN3O/c1-52(2)41-21-12-13-24-48(41)57-49-28-26-39(32-42(49)52)54(36-15-6-3-7-16-36)40-25-27-43-46(33-40)55(37-17-8-4-9-18-37)44-22-14-23-45-51(44)53(43)50-35-29-34(30-35)31-47(50)56(45)38-19-10-5-11-20-38/h3-29,31-33H,30H2,1-2H3. The van der Waals surface area contributed by atoms with Crippen molar-refractivity contribution in [3.05, 3.63) is 204 Å². The lowest BCUT2D eigenvalue weighted by Gasteiger charge is -2.46. The number of ether oxygens (including phenoxy) is 1. The summed E-state index contributed by atoms with van der Waals surface area (Å²) in [5.74, 6) is 1.83. The molecule has 0 saturated heterocycles. The molecule has 8 aromatic carbocycles. The van der Waals surface area contributed by atoms with Crippen LogP contribution in [0.2, 0.25) is 0 Å². The van der Waals surface area contributed by atoms with Gasteiger partial charge in [0.2, 0.25) is 0 Å². The van der Waals surface area contributed by atoms with E-state index < -0.39 is 0 Å². The number of anilines is 9. The van der Waals surface area contributed by atoms with E-state index in [0.29, 0.717) is 0 Å². The normalized spacial score (nSPS) is 14.6. The minimum absolute atomic E-state index is 0.0893. The molecule has 2 aliphatic carbocycles. The summed E-state index contributed by atoms with van der Waals surface area (Å²) < 4.78 is 6.52. The third kappa shape index (κ3) is 4.69. The number of hydrogen-bond donors (Lipinski definition) is 0. The maximum absolute atomic E-state index is 6.52. The first-order chi connectivity index (χ1) is 28.0. The van der Waals surface area contributed by atoms with Crippen LogP contribution >= 0.6 is 0 Å². The van der Waals surface area contributed by atoms with Gasteiger partial charge in [-0.25, -0.2) is 0 Å². The summed E-state index contributed by atoms with van der Waals surface area (Å²) in [5.41, 5.74) is 19.6. The Morgan fingerprint density at radius 2 is 1.09 bits per heavy atom. The summed E-state index contributed by atoms with van der Waals surface area (Å²) in [5, 5.41) is 0. The molecule has 0 saturated carbocycles. The van der Waals surface area contributed by atoms with E-state index in [-0.39, 0.29) is 12.1 Å². The molecule has 0 aromatic heterocycles. The predicted molar refractivity (Wildman–Crippen MR) is 237 cm³/mol. The van der Waals surface area contributed by atoms with Crippen LogP contribution in [0.15, 0.2) is 182 Å². The summed E-state index contributed by atoms with van der Waals surface area (Å²) in [6, 6.07) is 66.5.